The van der Waals surface area contributed by atoms with Gasteiger partial charge in [-0.3, -0.25) is 0 Å². The molecule has 21 heavy (non-hydrogen) atoms. The van der Waals surface area contributed by atoms with Crippen LogP contribution in [0.3, 0.4) is 0 Å². The SMILES string of the molecule is CC(C)NCC1CCC(C(C)(C)C)CC1C1CCCOC1. The second-order valence-corrected chi connectivity index (χ2v) is 8.84. The van der Waals surface area contributed by atoms with Gasteiger partial charge in [0, 0.05) is 19.3 Å². The Morgan fingerprint density at radius 1 is 1.14 bits per heavy atom. The van der Waals surface area contributed by atoms with E-state index in [0.717, 1.165) is 36.9 Å². The fourth-order valence-corrected chi connectivity index (χ4v) is 4.38. The highest BCUT2D eigenvalue weighted by Crippen LogP contribution is 2.46. The van der Waals surface area contributed by atoms with Crippen LogP contribution in [-0.4, -0.2) is 25.8 Å². The summed E-state index contributed by atoms with van der Waals surface area (Å²) in [5.41, 5.74) is 0.463. The lowest BCUT2D eigenvalue weighted by Gasteiger charge is -2.46. The summed E-state index contributed by atoms with van der Waals surface area (Å²) in [5, 5.41) is 3.70. The van der Waals surface area contributed by atoms with E-state index in [9.17, 15) is 0 Å². The third-order valence-corrected chi connectivity index (χ3v) is 5.86. The minimum absolute atomic E-state index is 0.463. The Morgan fingerprint density at radius 2 is 1.90 bits per heavy atom. The summed E-state index contributed by atoms with van der Waals surface area (Å²) in [7, 11) is 0. The first-order valence-electron chi connectivity index (χ1n) is 9.19. The van der Waals surface area contributed by atoms with Gasteiger partial charge in [0.05, 0.1) is 0 Å². The van der Waals surface area contributed by atoms with Crippen LogP contribution in [0.2, 0.25) is 0 Å². The van der Waals surface area contributed by atoms with Gasteiger partial charge in [0.2, 0.25) is 0 Å². The predicted molar refractivity (Wildman–Crippen MR) is 90.5 cm³/mol. The lowest BCUT2D eigenvalue weighted by atomic mass is 9.62. The van der Waals surface area contributed by atoms with E-state index in [1.165, 1.54) is 38.6 Å². The van der Waals surface area contributed by atoms with Crippen molar-refractivity contribution in [1.29, 1.82) is 0 Å². The molecule has 0 bridgehead atoms. The molecule has 2 aliphatic rings. The van der Waals surface area contributed by atoms with Gasteiger partial charge in [0.15, 0.2) is 0 Å². The Kier molecular flexibility index (Phi) is 6.14. The van der Waals surface area contributed by atoms with E-state index in [-0.39, 0.29) is 0 Å². The van der Waals surface area contributed by atoms with Crippen molar-refractivity contribution in [2.24, 2.45) is 29.1 Å². The Bertz CT molecular complexity index is 301. The first-order chi connectivity index (χ1) is 9.88. The van der Waals surface area contributed by atoms with Crippen molar-refractivity contribution < 1.29 is 4.74 Å². The van der Waals surface area contributed by atoms with E-state index in [0.29, 0.717) is 11.5 Å². The molecule has 1 heterocycles. The molecular weight excluding hydrogens is 258 g/mol. The van der Waals surface area contributed by atoms with E-state index in [4.69, 9.17) is 4.74 Å². The van der Waals surface area contributed by atoms with E-state index < -0.39 is 0 Å². The fraction of sp³-hybridized carbons (Fsp3) is 1.00. The van der Waals surface area contributed by atoms with Crippen LogP contribution in [0.25, 0.3) is 0 Å². The normalized spacial score (nSPS) is 35.1. The van der Waals surface area contributed by atoms with Gasteiger partial charge in [-0.25, -0.2) is 0 Å². The molecule has 2 heteroatoms. The van der Waals surface area contributed by atoms with Gasteiger partial charge < -0.3 is 10.1 Å². The molecule has 0 aromatic carbocycles. The van der Waals surface area contributed by atoms with Gasteiger partial charge in [0.25, 0.3) is 0 Å². The maximum atomic E-state index is 5.81. The van der Waals surface area contributed by atoms with Crippen LogP contribution in [0.5, 0.6) is 0 Å². The Morgan fingerprint density at radius 3 is 2.48 bits per heavy atom. The first kappa shape index (κ1) is 17.3. The van der Waals surface area contributed by atoms with Crippen molar-refractivity contribution in [2.75, 3.05) is 19.8 Å². The minimum Gasteiger partial charge on any atom is -0.381 e. The smallest absolute Gasteiger partial charge is 0.0497 e. The van der Waals surface area contributed by atoms with E-state index in [1.54, 1.807) is 0 Å². The molecule has 1 N–H and O–H groups in total. The van der Waals surface area contributed by atoms with E-state index >= 15 is 0 Å². The van der Waals surface area contributed by atoms with Gasteiger partial charge >= 0.3 is 0 Å². The molecule has 0 amide bonds. The number of hydrogen-bond donors (Lipinski definition) is 1. The number of rotatable bonds is 4. The van der Waals surface area contributed by atoms with Gasteiger partial charge in [-0.05, 0) is 67.7 Å². The molecule has 2 fully saturated rings. The Balaban J connectivity index is 2.01. The van der Waals surface area contributed by atoms with Crippen LogP contribution < -0.4 is 5.32 Å². The maximum absolute atomic E-state index is 5.81. The van der Waals surface area contributed by atoms with Crippen LogP contribution in [0, 0.1) is 29.1 Å². The summed E-state index contributed by atoms with van der Waals surface area (Å²) in [5.74, 6) is 3.43. The van der Waals surface area contributed by atoms with Crippen molar-refractivity contribution in [3.05, 3.63) is 0 Å². The third kappa shape index (κ3) is 4.96. The van der Waals surface area contributed by atoms with Crippen LogP contribution in [0.1, 0.15) is 66.7 Å². The first-order valence-corrected chi connectivity index (χ1v) is 9.19. The van der Waals surface area contributed by atoms with Crippen LogP contribution >= 0.6 is 0 Å². The fourth-order valence-electron chi connectivity index (χ4n) is 4.38. The van der Waals surface area contributed by atoms with E-state index in [2.05, 4.69) is 39.9 Å². The van der Waals surface area contributed by atoms with Gasteiger partial charge in [-0.1, -0.05) is 34.6 Å². The molecule has 2 nitrogen and oxygen atoms in total. The van der Waals surface area contributed by atoms with E-state index in [1.807, 2.05) is 0 Å². The maximum Gasteiger partial charge on any atom is 0.0497 e. The molecule has 0 spiro atoms. The van der Waals surface area contributed by atoms with Crippen molar-refractivity contribution in [1.82, 2.24) is 5.32 Å². The summed E-state index contributed by atoms with van der Waals surface area (Å²) in [6.07, 6.45) is 6.90. The molecule has 1 aliphatic carbocycles. The molecule has 1 saturated carbocycles. The monoisotopic (exact) mass is 295 g/mol. The molecule has 0 aromatic rings. The summed E-state index contributed by atoms with van der Waals surface area (Å²) >= 11 is 0. The van der Waals surface area contributed by atoms with Gasteiger partial charge in [-0.2, -0.15) is 0 Å². The minimum atomic E-state index is 0.463. The average Bonchev–Trinajstić information content (AvgIpc) is 2.45. The molecule has 4 unspecified atom stereocenters. The standard InChI is InChI=1S/C19H37NO/c1-14(2)20-12-15-8-9-17(19(3,4)5)11-18(15)16-7-6-10-21-13-16/h14-18,20H,6-13H2,1-5H3. The van der Waals surface area contributed by atoms with Crippen molar-refractivity contribution >= 4 is 0 Å². The Hall–Kier alpha value is -0.0800. The van der Waals surface area contributed by atoms with Crippen molar-refractivity contribution in [2.45, 2.75) is 72.8 Å². The largest absolute Gasteiger partial charge is 0.381 e. The number of hydrogen-bond acceptors (Lipinski definition) is 2. The highest BCUT2D eigenvalue weighted by molar-refractivity contribution is 4.90. The summed E-state index contributed by atoms with van der Waals surface area (Å²) in [4.78, 5) is 0. The lowest BCUT2D eigenvalue weighted by molar-refractivity contribution is -0.0154. The Labute approximate surface area is 132 Å². The van der Waals surface area contributed by atoms with Crippen molar-refractivity contribution in [3.8, 4) is 0 Å². The van der Waals surface area contributed by atoms with Crippen molar-refractivity contribution in [3.63, 3.8) is 0 Å². The summed E-state index contributed by atoms with van der Waals surface area (Å²) in [6.45, 7) is 15.0. The second kappa shape index (κ2) is 7.46. The molecule has 124 valence electrons. The molecule has 2 rings (SSSR count). The zero-order chi connectivity index (χ0) is 15.5. The summed E-state index contributed by atoms with van der Waals surface area (Å²) in [6, 6.07) is 0.605. The zero-order valence-corrected chi connectivity index (χ0v) is 15.0. The number of nitrogens with one attached hydrogen (secondary N) is 1. The lowest BCUT2D eigenvalue weighted by Crippen LogP contribution is -2.42. The van der Waals surface area contributed by atoms with Crippen LogP contribution in [0.4, 0.5) is 0 Å². The van der Waals surface area contributed by atoms with Gasteiger partial charge in [-0.15, -0.1) is 0 Å². The predicted octanol–water partition coefficient (Wildman–Crippen LogP) is 4.49. The van der Waals surface area contributed by atoms with Crippen LogP contribution in [0.15, 0.2) is 0 Å². The van der Waals surface area contributed by atoms with Gasteiger partial charge in [0.1, 0.15) is 0 Å². The number of ether oxygens (including phenoxy) is 1. The summed E-state index contributed by atoms with van der Waals surface area (Å²) < 4.78 is 5.81. The quantitative estimate of drug-likeness (QED) is 0.825. The highest BCUT2D eigenvalue weighted by Gasteiger charge is 2.39. The molecule has 0 radical (unpaired) electrons. The molecule has 4 atom stereocenters. The topological polar surface area (TPSA) is 21.3 Å². The molecule has 0 aromatic heterocycles. The second-order valence-electron chi connectivity index (χ2n) is 8.84. The van der Waals surface area contributed by atoms with Crippen LogP contribution in [-0.2, 0) is 4.74 Å². The molecule has 1 saturated heterocycles. The molecular formula is C19H37NO. The molecule has 1 aliphatic heterocycles. The third-order valence-electron chi connectivity index (χ3n) is 5.86. The zero-order valence-electron chi connectivity index (χ0n) is 15.0. The highest BCUT2D eigenvalue weighted by atomic mass is 16.5. The average molecular weight is 296 g/mol.